The van der Waals surface area contributed by atoms with Crippen LogP contribution >= 0.6 is 11.8 Å². The third-order valence-electron chi connectivity index (χ3n) is 2.80. The van der Waals surface area contributed by atoms with E-state index >= 15 is 0 Å². The maximum Gasteiger partial charge on any atom is 0.0164 e. The van der Waals surface area contributed by atoms with Gasteiger partial charge >= 0.3 is 0 Å². The van der Waals surface area contributed by atoms with Crippen LogP contribution in [-0.2, 0) is 0 Å². The fourth-order valence-electron chi connectivity index (χ4n) is 1.84. The second-order valence-corrected chi connectivity index (χ2v) is 5.98. The molecule has 0 spiro atoms. The van der Waals surface area contributed by atoms with Crippen LogP contribution in [0.2, 0.25) is 0 Å². The zero-order valence-electron chi connectivity index (χ0n) is 10.4. The predicted octanol–water partition coefficient (Wildman–Crippen LogP) is 3.32. The van der Waals surface area contributed by atoms with Crippen LogP contribution in [-0.4, -0.2) is 24.6 Å². The molecule has 0 aromatic heterocycles. The highest BCUT2D eigenvalue weighted by atomic mass is 32.2. The third-order valence-corrected chi connectivity index (χ3v) is 3.98. The smallest absolute Gasteiger partial charge is 0.0164 e. The lowest BCUT2D eigenvalue weighted by Crippen LogP contribution is -2.22. The van der Waals surface area contributed by atoms with Gasteiger partial charge in [-0.3, -0.25) is 0 Å². The highest BCUT2D eigenvalue weighted by Crippen LogP contribution is 2.25. The van der Waals surface area contributed by atoms with E-state index in [2.05, 4.69) is 43.9 Å². The quantitative estimate of drug-likeness (QED) is 0.699. The molecule has 2 heteroatoms. The highest BCUT2D eigenvalue weighted by Gasteiger charge is 2.13. The van der Waals surface area contributed by atoms with Gasteiger partial charge in [0.15, 0.2) is 0 Å². The van der Waals surface area contributed by atoms with Gasteiger partial charge < -0.3 is 5.32 Å². The first-order valence-corrected chi connectivity index (χ1v) is 7.35. The molecule has 1 rings (SSSR count). The maximum atomic E-state index is 3.53. The summed E-state index contributed by atoms with van der Waals surface area (Å²) in [7, 11) is 0. The molecule has 0 radical (unpaired) electrons. The van der Waals surface area contributed by atoms with Crippen LogP contribution in [0.15, 0.2) is 11.6 Å². The van der Waals surface area contributed by atoms with Crippen LogP contribution < -0.4 is 5.32 Å². The van der Waals surface area contributed by atoms with Gasteiger partial charge in [-0.1, -0.05) is 32.4 Å². The predicted molar refractivity (Wildman–Crippen MR) is 71.5 cm³/mol. The summed E-state index contributed by atoms with van der Waals surface area (Å²) in [5.74, 6) is 4.31. The standard InChI is InChI=1S/C13H25NS/c1-4-12(9-14-8-11(2)3)7-13-5-6-15-10-13/h7,11,13-14H,4-6,8-10H2,1-3H3. The second-order valence-electron chi connectivity index (χ2n) is 4.83. The van der Waals surface area contributed by atoms with Gasteiger partial charge in [-0.05, 0) is 42.7 Å². The summed E-state index contributed by atoms with van der Waals surface area (Å²) in [6.07, 6.45) is 5.11. The van der Waals surface area contributed by atoms with Crippen molar-refractivity contribution >= 4 is 11.8 Å². The van der Waals surface area contributed by atoms with Gasteiger partial charge in [-0.15, -0.1) is 0 Å². The molecule has 1 atom stereocenters. The Balaban J connectivity index is 2.27. The molecule has 1 N–H and O–H groups in total. The molecular weight excluding hydrogens is 202 g/mol. The first-order valence-electron chi connectivity index (χ1n) is 6.20. The van der Waals surface area contributed by atoms with Crippen molar-refractivity contribution in [1.29, 1.82) is 0 Å². The van der Waals surface area contributed by atoms with Crippen LogP contribution in [0.1, 0.15) is 33.6 Å². The van der Waals surface area contributed by atoms with E-state index in [0.29, 0.717) is 0 Å². The Morgan fingerprint density at radius 3 is 2.87 bits per heavy atom. The van der Waals surface area contributed by atoms with Gasteiger partial charge in [0.25, 0.3) is 0 Å². The molecule has 0 aromatic rings. The average Bonchev–Trinajstić information content (AvgIpc) is 2.68. The van der Waals surface area contributed by atoms with E-state index < -0.39 is 0 Å². The van der Waals surface area contributed by atoms with Crippen molar-refractivity contribution in [3.05, 3.63) is 11.6 Å². The molecule has 88 valence electrons. The maximum absolute atomic E-state index is 3.53. The van der Waals surface area contributed by atoms with Crippen LogP contribution in [0.4, 0.5) is 0 Å². The Hall–Kier alpha value is 0.0500. The number of hydrogen-bond acceptors (Lipinski definition) is 2. The second kappa shape index (κ2) is 7.34. The summed E-state index contributed by atoms with van der Waals surface area (Å²) >= 11 is 2.10. The van der Waals surface area contributed by atoms with Crippen LogP contribution in [0, 0.1) is 11.8 Å². The van der Waals surface area contributed by atoms with E-state index in [1.54, 1.807) is 5.57 Å². The molecule has 1 aliphatic heterocycles. The molecule has 0 aliphatic carbocycles. The molecule has 1 heterocycles. The summed E-state index contributed by atoms with van der Waals surface area (Å²) in [6.45, 7) is 9.02. The molecule has 15 heavy (non-hydrogen) atoms. The number of nitrogens with one attached hydrogen (secondary N) is 1. The van der Waals surface area contributed by atoms with E-state index in [1.807, 2.05) is 0 Å². The molecule has 0 amide bonds. The average molecular weight is 227 g/mol. The summed E-state index contributed by atoms with van der Waals surface area (Å²) < 4.78 is 0. The Bertz CT molecular complexity index is 193. The molecule has 0 aromatic carbocycles. The van der Waals surface area contributed by atoms with Gasteiger partial charge in [0.05, 0.1) is 0 Å². The van der Waals surface area contributed by atoms with Crippen molar-refractivity contribution in [1.82, 2.24) is 5.32 Å². The molecular formula is C13H25NS. The van der Waals surface area contributed by atoms with Gasteiger partial charge in [-0.25, -0.2) is 0 Å². The molecule has 1 saturated heterocycles. The fourth-order valence-corrected chi connectivity index (χ4v) is 3.04. The zero-order valence-corrected chi connectivity index (χ0v) is 11.2. The summed E-state index contributed by atoms with van der Waals surface area (Å²) in [4.78, 5) is 0. The Morgan fingerprint density at radius 2 is 2.33 bits per heavy atom. The third kappa shape index (κ3) is 5.62. The molecule has 0 bridgehead atoms. The van der Waals surface area contributed by atoms with E-state index in [9.17, 15) is 0 Å². The topological polar surface area (TPSA) is 12.0 Å². The number of hydrogen-bond donors (Lipinski definition) is 1. The number of thioether (sulfide) groups is 1. The minimum absolute atomic E-state index is 0.755. The van der Waals surface area contributed by atoms with Crippen molar-refractivity contribution in [3.63, 3.8) is 0 Å². The lowest BCUT2D eigenvalue weighted by atomic mass is 10.0. The largest absolute Gasteiger partial charge is 0.313 e. The fraction of sp³-hybridized carbons (Fsp3) is 0.846. The van der Waals surface area contributed by atoms with Gasteiger partial charge in [0.2, 0.25) is 0 Å². The molecule has 1 aliphatic rings. The Morgan fingerprint density at radius 1 is 1.53 bits per heavy atom. The Kier molecular flexibility index (Phi) is 6.42. The van der Waals surface area contributed by atoms with Crippen molar-refractivity contribution in [2.75, 3.05) is 24.6 Å². The first-order chi connectivity index (χ1) is 7.22. The van der Waals surface area contributed by atoms with E-state index in [0.717, 1.165) is 24.9 Å². The highest BCUT2D eigenvalue weighted by molar-refractivity contribution is 7.99. The lowest BCUT2D eigenvalue weighted by Gasteiger charge is -2.11. The summed E-state index contributed by atoms with van der Waals surface area (Å²) in [5, 5.41) is 3.53. The minimum Gasteiger partial charge on any atom is -0.313 e. The Labute approximate surface area is 99.1 Å². The normalized spacial score (nSPS) is 22.7. The number of allylic oxidation sites excluding steroid dienone is 1. The van der Waals surface area contributed by atoms with E-state index in [-0.39, 0.29) is 0 Å². The summed E-state index contributed by atoms with van der Waals surface area (Å²) in [6, 6.07) is 0. The lowest BCUT2D eigenvalue weighted by molar-refractivity contribution is 0.566. The van der Waals surface area contributed by atoms with Gasteiger partial charge in [0, 0.05) is 6.54 Å². The van der Waals surface area contributed by atoms with Crippen molar-refractivity contribution in [2.45, 2.75) is 33.6 Å². The summed E-state index contributed by atoms with van der Waals surface area (Å²) in [5.41, 5.74) is 1.60. The molecule has 1 fully saturated rings. The zero-order chi connectivity index (χ0) is 11.1. The van der Waals surface area contributed by atoms with Crippen LogP contribution in [0.25, 0.3) is 0 Å². The van der Waals surface area contributed by atoms with E-state index in [1.165, 1.54) is 24.3 Å². The molecule has 1 nitrogen and oxygen atoms in total. The van der Waals surface area contributed by atoms with E-state index in [4.69, 9.17) is 0 Å². The SMILES string of the molecule is CCC(=CC1CCSC1)CNCC(C)C. The molecule has 0 saturated carbocycles. The van der Waals surface area contributed by atoms with Gasteiger partial charge in [-0.2, -0.15) is 11.8 Å². The number of rotatable bonds is 6. The van der Waals surface area contributed by atoms with Gasteiger partial charge in [0.1, 0.15) is 0 Å². The van der Waals surface area contributed by atoms with Crippen LogP contribution in [0.5, 0.6) is 0 Å². The van der Waals surface area contributed by atoms with Crippen molar-refractivity contribution in [2.24, 2.45) is 11.8 Å². The minimum atomic E-state index is 0.755. The van der Waals surface area contributed by atoms with Crippen molar-refractivity contribution < 1.29 is 0 Å². The van der Waals surface area contributed by atoms with Crippen LogP contribution in [0.3, 0.4) is 0 Å². The monoisotopic (exact) mass is 227 g/mol. The molecule has 1 unspecified atom stereocenters. The first kappa shape index (κ1) is 13.1. The van der Waals surface area contributed by atoms with Crippen molar-refractivity contribution in [3.8, 4) is 0 Å².